The molecule has 176 valence electrons. The molecule has 1 heterocycles. The van der Waals surface area contributed by atoms with Crippen LogP contribution in [0.5, 0.6) is 5.75 Å². The predicted octanol–water partition coefficient (Wildman–Crippen LogP) is 4.68. The number of rotatable bonds is 6. The molecule has 0 radical (unpaired) electrons. The summed E-state index contributed by atoms with van der Waals surface area (Å²) in [5, 5.41) is 0. The maximum absolute atomic E-state index is 13.8. The summed E-state index contributed by atoms with van der Waals surface area (Å²) in [6.07, 6.45) is 1.85. The first-order valence-corrected chi connectivity index (χ1v) is 11.4. The minimum absolute atomic E-state index is 0.0314. The molecule has 1 aliphatic carbocycles. The molecule has 0 bridgehead atoms. The second kappa shape index (κ2) is 9.27. The van der Waals surface area contributed by atoms with Crippen molar-refractivity contribution in [1.82, 2.24) is 0 Å². The van der Waals surface area contributed by atoms with Gasteiger partial charge in [-0.05, 0) is 54.0 Å². The summed E-state index contributed by atoms with van der Waals surface area (Å²) in [6, 6.07) is 11.2. The van der Waals surface area contributed by atoms with Gasteiger partial charge in [-0.3, -0.25) is 4.79 Å². The van der Waals surface area contributed by atoms with Crippen molar-refractivity contribution in [2.24, 2.45) is 5.92 Å². The van der Waals surface area contributed by atoms with E-state index in [1.54, 1.807) is 26.4 Å². The fourth-order valence-electron chi connectivity index (χ4n) is 5.17. The standard InChI is InChI=1S/C27H32O6/c1-27(2)12-13-33-22-15-20-18(14-21(22)27)10-11-19(24(20)28)23(26(31-4)32-5)16-6-8-17(9-7-16)25(29)30-3/h6-9,14-15,19,23,26H,10-13H2,1-5H3. The zero-order valence-corrected chi connectivity index (χ0v) is 20.0. The molecular formula is C27H32O6. The topological polar surface area (TPSA) is 71.1 Å². The van der Waals surface area contributed by atoms with E-state index in [2.05, 4.69) is 19.9 Å². The van der Waals surface area contributed by atoms with Crippen LogP contribution in [0.3, 0.4) is 0 Å². The van der Waals surface area contributed by atoms with Crippen molar-refractivity contribution >= 4 is 11.8 Å². The Kier molecular flexibility index (Phi) is 6.59. The Labute approximate surface area is 195 Å². The molecule has 4 rings (SSSR count). The quantitative estimate of drug-likeness (QED) is 0.468. The summed E-state index contributed by atoms with van der Waals surface area (Å²) >= 11 is 0. The number of hydrogen-bond acceptors (Lipinski definition) is 6. The average Bonchev–Trinajstić information content (AvgIpc) is 2.82. The number of esters is 1. The Morgan fingerprint density at radius 2 is 1.79 bits per heavy atom. The molecule has 0 saturated carbocycles. The fraction of sp³-hybridized carbons (Fsp3) is 0.481. The first kappa shape index (κ1) is 23.5. The second-order valence-electron chi connectivity index (χ2n) is 9.48. The van der Waals surface area contributed by atoms with Gasteiger partial charge in [0.15, 0.2) is 12.1 Å². The molecule has 1 aliphatic heterocycles. The lowest BCUT2D eigenvalue weighted by Gasteiger charge is -2.37. The number of Topliss-reactive ketones (excluding diaryl/α,β-unsaturated/α-hetero) is 1. The van der Waals surface area contributed by atoms with E-state index in [0.717, 1.165) is 35.3 Å². The summed E-state index contributed by atoms with van der Waals surface area (Å²) in [5.41, 5.74) is 4.36. The van der Waals surface area contributed by atoms with Crippen LogP contribution in [0.25, 0.3) is 0 Å². The number of carbonyl (C=O) groups is 2. The van der Waals surface area contributed by atoms with Crippen molar-refractivity contribution in [1.29, 1.82) is 0 Å². The van der Waals surface area contributed by atoms with E-state index in [4.69, 9.17) is 18.9 Å². The van der Waals surface area contributed by atoms with Crippen LogP contribution in [0.15, 0.2) is 36.4 Å². The number of ether oxygens (including phenoxy) is 4. The molecule has 33 heavy (non-hydrogen) atoms. The van der Waals surface area contributed by atoms with Crippen LogP contribution < -0.4 is 4.74 Å². The normalized spacial score (nSPS) is 19.9. The Balaban J connectivity index is 1.71. The highest BCUT2D eigenvalue weighted by Gasteiger charge is 2.41. The van der Waals surface area contributed by atoms with Gasteiger partial charge in [-0.25, -0.2) is 4.79 Å². The monoisotopic (exact) mass is 452 g/mol. The molecule has 0 N–H and O–H groups in total. The van der Waals surface area contributed by atoms with Gasteiger partial charge < -0.3 is 18.9 Å². The van der Waals surface area contributed by atoms with Gasteiger partial charge in [0.25, 0.3) is 0 Å². The molecular weight excluding hydrogens is 420 g/mol. The molecule has 2 atom stereocenters. The number of ketones is 1. The second-order valence-corrected chi connectivity index (χ2v) is 9.48. The van der Waals surface area contributed by atoms with Crippen molar-refractivity contribution in [3.05, 3.63) is 64.2 Å². The molecule has 6 heteroatoms. The molecule has 2 aromatic carbocycles. The lowest BCUT2D eigenvalue weighted by atomic mass is 9.71. The molecule has 2 aliphatic rings. The van der Waals surface area contributed by atoms with Gasteiger partial charge in [-0.1, -0.05) is 32.0 Å². The lowest BCUT2D eigenvalue weighted by Crippen LogP contribution is -2.37. The summed E-state index contributed by atoms with van der Waals surface area (Å²) in [5.74, 6) is -0.148. The molecule has 2 aromatic rings. The molecule has 0 aromatic heterocycles. The summed E-state index contributed by atoms with van der Waals surface area (Å²) in [6.45, 7) is 5.11. The Morgan fingerprint density at radius 1 is 1.09 bits per heavy atom. The minimum atomic E-state index is -0.600. The van der Waals surface area contributed by atoms with E-state index in [-0.39, 0.29) is 23.0 Å². The van der Waals surface area contributed by atoms with Crippen LogP contribution in [-0.4, -0.2) is 46.0 Å². The van der Waals surface area contributed by atoms with Gasteiger partial charge in [-0.2, -0.15) is 0 Å². The van der Waals surface area contributed by atoms with E-state index in [0.29, 0.717) is 18.6 Å². The maximum Gasteiger partial charge on any atom is 0.337 e. The van der Waals surface area contributed by atoms with E-state index < -0.39 is 12.3 Å². The third-order valence-electron chi connectivity index (χ3n) is 7.15. The van der Waals surface area contributed by atoms with Gasteiger partial charge in [0, 0.05) is 37.2 Å². The minimum Gasteiger partial charge on any atom is -0.493 e. The van der Waals surface area contributed by atoms with Gasteiger partial charge in [0.05, 0.1) is 19.3 Å². The maximum atomic E-state index is 13.8. The summed E-state index contributed by atoms with van der Waals surface area (Å²) < 4.78 is 22.0. The van der Waals surface area contributed by atoms with Crippen LogP contribution in [0, 0.1) is 5.92 Å². The van der Waals surface area contributed by atoms with E-state index in [1.807, 2.05) is 18.2 Å². The first-order chi connectivity index (χ1) is 15.8. The third kappa shape index (κ3) is 4.30. The van der Waals surface area contributed by atoms with E-state index >= 15 is 0 Å². The van der Waals surface area contributed by atoms with Crippen molar-refractivity contribution in [3.8, 4) is 5.75 Å². The summed E-state index contributed by atoms with van der Waals surface area (Å²) in [4.78, 5) is 25.7. The van der Waals surface area contributed by atoms with Crippen molar-refractivity contribution in [2.75, 3.05) is 27.9 Å². The number of hydrogen-bond donors (Lipinski definition) is 0. The van der Waals surface area contributed by atoms with E-state index in [9.17, 15) is 9.59 Å². The first-order valence-electron chi connectivity index (χ1n) is 11.4. The lowest BCUT2D eigenvalue weighted by molar-refractivity contribution is -0.125. The van der Waals surface area contributed by atoms with Crippen molar-refractivity contribution in [3.63, 3.8) is 0 Å². The van der Waals surface area contributed by atoms with Gasteiger partial charge in [0.1, 0.15) is 5.75 Å². The van der Waals surface area contributed by atoms with Gasteiger partial charge in [0.2, 0.25) is 0 Å². The van der Waals surface area contributed by atoms with Crippen molar-refractivity contribution < 1.29 is 28.5 Å². The SMILES string of the molecule is COC(=O)c1ccc(C(C(OC)OC)C2CCc3cc4c(cc3C2=O)OCCC4(C)C)cc1. The fourth-order valence-corrected chi connectivity index (χ4v) is 5.17. The molecule has 0 saturated heterocycles. The molecule has 0 spiro atoms. The summed E-state index contributed by atoms with van der Waals surface area (Å²) in [7, 11) is 4.52. The largest absolute Gasteiger partial charge is 0.493 e. The zero-order valence-electron chi connectivity index (χ0n) is 20.0. The van der Waals surface area contributed by atoms with Crippen LogP contribution in [-0.2, 0) is 26.0 Å². The highest BCUT2D eigenvalue weighted by molar-refractivity contribution is 6.01. The number of benzene rings is 2. The predicted molar refractivity (Wildman–Crippen MR) is 124 cm³/mol. The Morgan fingerprint density at radius 3 is 2.42 bits per heavy atom. The van der Waals surface area contributed by atoms with Gasteiger partial charge in [-0.15, -0.1) is 0 Å². The highest BCUT2D eigenvalue weighted by Crippen LogP contribution is 2.44. The smallest absolute Gasteiger partial charge is 0.337 e. The average molecular weight is 453 g/mol. The number of carbonyl (C=O) groups excluding carboxylic acids is 2. The van der Waals surface area contributed by atoms with Crippen LogP contribution in [0.1, 0.15) is 70.0 Å². The van der Waals surface area contributed by atoms with Crippen molar-refractivity contribution in [2.45, 2.75) is 50.7 Å². The number of fused-ring (bicyclic) bond motifs is 2. The number of aryl methyl sites for hydroxylation is 1. The zero-order chi connectivity index (χ0) is 23.8. The highest BCUT2D eigenvalue weighted by atomic mass is 16.7. The van der Waals surface area contributed by atoms with Crippen LogP contribution in [0.4, 0.5) is 0 Å². The van der Waals surface area contributed by atoms with Gasteiger partial charge >= 0.3 is 5.97 Å². The Hall–Kier alpha value is -2.70. The van der Waals surface area contributed by atoms with Crippen LogP contribution >= 0.6 is 0 Å². The van der Waals surface area contributed by atoms with E-state index in [1.165, 1.54) is 12.7 Å². The molecule has 6 nitrogen and oxygen atoms in total. The molecule has 0 fully saturated rings. The van der Waals surface area contributed by atoms with Crippen LogP contribution in [0.2, 0.25) is 0 Å². The number of methoxy groups -OCH3 is 3. The molecule has 0 amide bonds. The Bertz CT molecular complexity index is 1040. The third-order valence-corrected chi connectivity index (χ3v) is 7.15. The molecule has 2 unspecified atom stereocenters.